The first-order chi connectivity index (χ1) is 16.9. The molecule has 0 aliphatic carbocycles. The van der Waals surface area contributed by atoms with Gasteiger partial charge in [-0.1, -0.05) is 0 Å². The highest BCUT2D eigenvalue weighted by Gasteiger charge is 2.15. The number of carbonyl (C=O) groups excluding carboxylic acids is 3. The van der Waals surface area contributed by atoms with Crippen LogP contribution < -0.4 is 20.3 Å². The van der Waals surface area contributed by atoms with Gasteiger partial charge in [0.25, 0.3) is 11.8 Å². The molecule has 0 spiro atoms. The first-order valence-electron chi connectivity index (χ1n) is 11.9. The summed E-state index contributed by atoms with van der Waals surface area (Å²) < 4.78 is 10.5. The van der Waals surface area contributed by atoms with E-state index in [0.717, 1.165) is 37.4 Å². The summed E-state index contributed by atoms with van der Waals surface area (Å²) in [5.74, 6) is -0.592. The predicted molar refractivity (Wildman–Crippen MR) is 145 cm³/mol. The Bertz CT molecular complexity index is 1020. The molecule has 1 heterocycles. The Kier molecular flexibility index (Phi) is 11.6. The van der Waals surface area contributed by atoms with Crippen LogP contribution in [0.25, 0.3) is 0 Å². The average molecular weight is 517 g/mol. The minimum atomic E-state index is -0.621. The fraction of sp³-hybridized carbons (Fsp3) is 0.423. The van der Waals surface area contributed by atoms with Crippen molar-refractivity contribution >= 4 is 42.7 Å². The zero-order valence-electron chi connectivity index (χ0n) is 21.1. The molecule has 1 aliphatic heterocycles. The van der Waals surface area contributed by atoms with E-state index >= 15 is 0 Å². The van der Waals surface area contributed by atoms with Crippen LogP contribution in [0.15, 0.2) is 42.5 Å². The van der Waals surface area contributed by atoms with Gasteiger partial charge >= 0.3 is 5.97 Å². The smallest absolute Gasteiger partial charge is 0.344 e. The SMILES string of the molecule is CCN(CC)C(=O)COC(=O)COc1ccc(NC(=O)c2ccc(N3CCNCC3)cc2)c(C)c1.S. The van der Waals surface area contributed by atoms with Crippen molar-refractivity contribution in [2.45, 2.75) is 20.8 Å². The van der Waals surface area contributed by atoms with Gasteiger partial charge in [0.15, 0.2) is 13.2 Å². The number of aryl methyl sites for hydroxylation is 1. The Balaban J connectivity index is 0.00000456. The molecule has 2 N–H and O–H groups in total. The van der Waals surface area contributed by atoms with Crippen molar-refractivity contribution in [2.75, 3.05) is 62.7 Å². The number of nitrogens with one attached hydrogen (secondary N) is 2. The number of rotatable bonds is 10. The van der Waals surface area contributed by atoms with Crippen molar-refractivity contribution < 1.29 is 23.9 Å². The van der Waals surface area contributed by atoms with Gasteiger partial charge in [-0.2, -0.15) is 13.5 Å². The lowest BCUT2D eigenvalue weighted by molar-refractivity contribution is -0.153. The molecule has 196 valence electrons. The van der Waals surface area contributed by atoms with E-state index in [1.807, 2.05) is 45.0 Å². The maximum absolute atomic E-state index is 12.7. The summed E-state index contributed by atoms with van der Waals surface area (Å²) >= 11 is 0. The minimum absolute atomic E-state index is 0. The van der Waals surface area contributed by atoms with E-state index in [4.69, 9.17) is 9.47 Å². The molecule has 0 bridgehead atoms. The van der Waals surface area contributed by atoms with Crippen LogP contribution in [0.4, 0.5) is 11.4 Å². The predicted octanol–water partition coefficient (Wildman–Crippen LogP) is 2.56. The maximum atomic E-state index is 12.7. The largest absolute Gasteiger partial charge is 0.482 e. The fourth-order valence-electron chi connectivity index (χ4n) is 3.80. The number of nitrogens with zero attached hydrogens (tertiary/aromatic N) is 2. The quantitative estimate of drug-likeness (QED) is 0.468. The molecule has 0 unspecified atom stereocenters. The van der Waals surface area contributed by atoms with Crippen molar-refractivity contribution in [3.8, 4) is 5.75 Å². The van der Waals surface area contributed by atoms with Gasteiger partial charge in [-0.3, -0.25) is 9.59 Å². The third-order valence-corrected chi connectivity index (χ3v) is 5.89. The van der Waals surface area contributed by atoms with Crippen LogP contribution in [0.5, 0.6) is 5.75 Å². The summed E-state index contributed by atoms with van der Waals surface area (Å²) in [5.41, 5.74) is 3.13. The van der Waals surface area contributed by atoms with Crippen LogP contribution in [0.2, 0.25) is 0 Å². The lowest BCUT2D eigenvalue weighted by Gasteiger charge is -2.29. The highest BCUT2D eigenvalue weighted by Crippen LogP contribution is 2.23. The van der Waals surface area contributed by atoms with Gasteiger partial charge < -0.3 is 29.9 Å². The van der Waals surface area contributed by atoms with E-state index in [1.54, 1.807) is 23.1 Å². The number of esters is 1. The first-order valence-corrected chi connectivity index (χ1v) is 11.9. The first kappa shape index (κ1) is 29.0. The molecular weight excluding hydrogens is 480 g/mol. The summed E-state index contributed by atoms with van der Waals surface area (Å²) in [6.45, 7) is 9.90. The molecular formula is C26H36N4O5S. The van der Waals surface area contributed by atoms with Crippen molar-refractivity contribution in [3.63, 3.8) is 0 Å². The van der Waals surface area contributed by atoms with Crippen molar-refractivity contribution in [1.29, 1.82) is 0 Å². The van der Waals surface area contributed by atoms with Crippen LogP contribution in [-0.2, 0) is 14.3 Å². The second kappa shape index (κ2) is 14.4. The number of ether oxygens (including phenoxy) is 2. The monoisotopic (exact) mass is 516 g/mol. The Labute approximate surface area is 219 Å². The molecule has 0 aromatic heterocycles. The molecule has 0 saturated carbocycles. The molecule has 36 heavy (non-hydrogen) atoms. The molecule has 9 nitrogen and oxygen atoms in total. The number of anilines is 2. The van der Waals surface area contributed by atoms with Crippen LogP contribution in [-0.4, -0.2) is 75.2 Å². The molecule has 1 fully saturated rings. The van der Waals surface area contributed by atoms with E-state index < -0.39 is 5.97 Å². The second-order valence-electron chi connectivity index (χ2n) is 8.23. The van der Waals surface area contributed by atoms with Gasteiger partial charge in [-0.05, 0) is 68.8 Å². The van der Waals surface area contributed by atoms with E-state index in [0.29, 0.717) is 30.1 Å². The zero-order valence-corrected chi connectivity index (χ0v) is 22.1. The third kappa shape index (κ3) is 8.17. The number of benzene rings is 2. The lowest BCUT2D eigenvalue weighted by Crippen LogP contribution is -2.43. The standard InChI is InChI=1S/C26H34N4O5.H2S/c1-4-29(5-2)24(31)17-35-25(32)18-34-22-10-11-23(19(3)16-22)28-26(33)20-6-8-21(9-7-20)30-14-12-27-13-15-30;/h6-11,16,27H,4-5,12-15,17-18H2,1-3H3,(H,28,33);1H2. The number of hydrogen-bond donors (Lipinski definition) is 2. The third-order valence-electron chi connectivity index (χ3n) is 5.89. The van der Waals surface area contributed by atoms with Crippen molar-refractivity contribution in [2.24, 2.45) is 0 Å². The van der Waals surface area contributed by atoms with E-state index in [9.17, 15) is 14.4 Å². The number of hydrogen-bond acceptors (Lipinski definition) is 7. The molecule has 0 atom stereocenters. The van der Waals surface area contributed by atoms with Crippen molar-refractivity contribution in [1.82, 2.24) is 10.2 Å². The molecule has 2 aromatic rings. The lowest BCUT2D eigenvalue weighted by atomic mass is 10.1. The van der Waals surface area contributed by atoms with Gasteiger partial charge in [0.2, 0.25) is 0 Å². The van der Waals surface area contributed by atoms with Crippen LogP contribution >= 0.6 is 13.5 Å². The molecule has 2 aromatic carbocycles. The highest BCUT2D eigenvalue weighted by atomic mass is 32.1. The van der Waals surface area contributed by atoms with Gasteiger partial charge in [0.05, 0.1) is 0 Å². The molecule has 10 heteroatoms. The normalized spacial score (nSPS) is 12.8. The van der Waals surface area contributed by atoms with E-state index in [2.05, 4.69) is 15.5 Å². The molecule has 3 rings (SSSR count). The topological polar surface area (TPSA) is 100 Å². The van der Waals surface area contributed by atoms with Crippen LogP contribution in [0.1, 0.15) is 29.8 Å². The summed E-state index contributed by atoms with van der Waals surface area (Å²) in [6, 6.07) is 12.7. The average Bonchev–Trinajstić information content (AvgIpc) is 2.89. The Morgan fingerprint density at radius 1 is 1.00 bits per heavy atom. The number of piperazine rings is 1. The summed E-state index contributed by atoms with van der Waals surface area (Å²) in [7, 11) is 0. The molecule has 0 radical (unpaired) electrons. The van der Waals surface area contributed by atoms with Gasteiger partial charge in [-0.25, -0.2) is 4.79 Å². The Hall–Kier alpha value is -3.24. The highest BCUT2D eigenvalue weighted by molar-refractivity contribution is 7.59. The summed E-state index contributed by atoms with van der Waals surface area (Å²) in [5, 5.41) is 6.25. The number of amides is 2. The Morgan fingerprint density at radius 3 is 2.28 bits per heavy atom. The van der Waals surface area contributed by atoms with Gasteiger partial charge in [0.1, 0.15) is 5.75 Å². The fourth-order valence-corrected chi connectivity index (χ4v) is 3.80. The van der Waals surface area contributed by atoms with Crippen LogP contribution in [0.3, 0.4) is 0 Å². The van der Waals surface area contributed by atoms with Gasteiger partial charge in [0, 0.05) is 56.2 Å². The number of carbonyl (C=O) groups is 3. The van der Waals surface area contributed by atoms with E-state index in [1.165, 1.54) is 0 Å². The maximum Gasteiger partial charge on any atom is 0.344 e. The second-order valence-corrected chi connectivity index (χ2v) is 8.23. The van der Waals surface area contributed by atoms with Crippen molar-refractivity contribution in [3.05, 3.63) is 53.6 Å². The van der Waals surface area contributed by atoms with E-state index in [-0.39, 0.29) is 38.5 Å². The van der Waals surface area contributed by atoms with Crippen LogP contribution in [0, 0.1) is 6.92 Å². The zero-order chi connectivity index (χ0) is 25.2. The molecule has 2 amide bonds. The molecule has 1 aliphatic rings. The summed E-state index contributed by atoms with van der Waals surface area (Å²) in [6.07, 6.45) is 0. The minimum Gasteiger partial charge on any atom is -0.482 e. The number of likely N-dealkylation sites (N-methyl/N-ethyl adjacent to an activating group) is 1. The van der Waals surface area contributed by atoms with Gasteiger partial charge in [-0.15, -0.1) is 0 Å². The Morgan fingerprint density at radius 2 is 1.67 bits per heavy atom. The summed E-state index contributed by atoms with van der Waals surface area (Å²) in [4.78, 5) is 40.4. The molecule has 1 saturated heterocycles.